The second-order valence-corrected chi connectivity index (χ2v) is 3.93. The number of anilines is 1. The van der Waals surface area contributed by atoms with Crippen molar-refractivity contribution >= 4 is 12.2 Å². The highest BCUT2D eigenvalue weighted by Crippen LogP contribution is 2.32. The minimum atomic E-state index is -0.552. The summed E-state index contributed by atoms with van der Waals surface area (Å²) in [4.78, 5) is 4.06. The lowest BCUT2D eigenvalue weighted by Crippen LogP contribution is -2.20. The second kappa shape index (κ2) is 4.11. The largest absolute Gasteiger partial charge is 0.391 e. The van der Waals surface area contributed by atoms with Crippen LogP contribution in [0.3, 0.4) is 0 Å². The number of rotatable bonds is 2. The van der Waals surface area contributed by atoms with Crippen molar-refractivity contribution < 1.29 is 14.6 Å². The van der Waals surface area contributed by atoms with Gasteiger partial charge in [0.05, 0.1) is 19.6 Å². The molecule has 3 rings (SSSR count). The van der Waals surface area contributed by atoms with E-state index in [1.807, 2.05) is 16.8 Å². The third-order valence-corrected chi connectivity index (χ3v) is 2.89. The van der Waals surface area contributed by atoms with Crippen LogP contribution in [0.25, 0.3) is 0 Å². The Labute approximate surface area is 97.8 Å². The lowest BCUT2D eigenvalue weighted by Gasteiger charge is -2.19. The zero-order chi connectivity index (χ0) is 11.8. The van der Waals surface area contributed by atoms with E-state index in [4.69, 9.17) is 20.3 Å². The third kappa shape index (κ3) is 1.73. The van der Waals surface area contributed by atoms with E-state index in [2.05, 4.69) is 10.3 Å². The van der Waals surface area contributed by atoms with E-state index >= 15 is 0 Å². The van der Waals surface area contributed by atoms with Gasteiger partial charge in [-0.15, -0.1) is 0 Å². The summed E-state index contributed by atoms with van der Waals surface area (Å²) in [6, 6.07) is 1.90. The van der Waals surface area contributed by atoms with Gasteiger partial charge in [-0.3, -0.25) is 4.99 Å². The molecule has 7 nitrogen and oxygen atoms in total. The summed E-state index contributed by atoms with van der Waals surface area (Å²) in [5, 5.41) is 12.0. The first-order chi connectivity index (χ1) is 8.29. The van der Waals surface area contributed by atoms with E-state index < -0.39 is 6.29 Å². The van der Waals surface area contributed by atoms with Gasteiger partial charge in [-0.25, -0.2) is 0 Å². The first kappa shape index (κ1) is 10.7. The molecule has 1 fully saturated rings. The second-order valence-electron chi connectivity index (χ2n) is 3.93. The van der Waals surface area contributed by atoms with E-state index in [0.29, 0.717) is 6.61 Å². The molecule has 1 aromatic heterocycles. The summed E-state index contributed by atoms with van der Waals surface area (Å²) in [5.74, 6) is 0.861. The molecule has 0 spiro atoms. The van der Waals surface area contributed by atoms with Crippen LogP contribution < -0.4 is 11.1 Å². The van der Waals surface area contributed by atoms with Gasteiger partial charge in [-0.05, 0) is 6.07 Å². The lowest BCUT2D eigenvalue weighted by atomic mass is 10.2. The third-order valence-electron chi connectivity index (χ3n) is 2.89. The predicted molar refractivity (Wildman–Crippen MR) is 60.4 cm³/mol. The summed E-state index contributed by atoms with van der Waals surface area (Å²) in [6.45, 7) is 0.259. The van der Waals surface area contributed by atoms with Crippen molar-refractivity contribution in [2.45, 2.75) is 18.7 Å². The molecule has 1 saturated heterocycles. The Hall–Kier alpha value is -1.41. The summed E-state index contributed by atoms with van der Waals surface area (Å²) >= 11 is 0. The summed E-state index contributed by atoms with van der Waals surface area (Å²) in [5.41, 5.74) is 6.77. The average Bonchev–Trinajstić information content (AvgIpc) is 2.94. The first-order valence-corrected chi connectivity index (χ1v) is 5.42. The fraction of sp³-hybridized carbons (Fsp3) is 0.500. The molecule has 2 aliphatic heterocycles. The number of aromatic nitrogens is 1. The predicted octanol–water partition coefficient (Wildman–Crippen LogP) is -0.237. The van der Waals surface area contributed by atoms with E-state index in [-0.39, 0.29) is 19.0 Å². The molecule has 0 bridgehead atoms. The van der Waals surface area contributed by atoms with Crippen LogP contribution >= 0.6 is 0 Å². The number of nitrogens with zero attached hydrogens (tertiary/aromatic N) is 2. The number of aliphatic hydroxyl groups is 1. The molecule has 2 aliphatic rings. The molecule has 3 atom stereocenters. The Bertz CT molecular complexity index is 445. The van der Waals surface area contributed by atoms with Crippen molar-refractivity contribution in [1.29, 1.82) is 0 Å². The molecule has 3 heterocycles. The van der Waals surface area contributed by atoms with Gasteiger partial charge in [0.15, 0.2) is 12.5 Å². The Morgan fingerprint density at radius 2 is 2.53 bits per heavy atom. The van der Waals surface area contributed by atoms with Gasteiger partial charge in [-0.1, -0.05) is 0 Å². The first-order valence-electron chi connectivity index (χ1n) is 5.42. The fourth-order valence-electron chi connectivity index (χ4n) is 2.04. The van der Waals surface area contributed by atoms with Gasteiger partial charge in [-0.2, -0.15) is 0 Å². The van der Waals surface area contributed by atoms with Crippen LogP contribution in [0.5, 0.6) is 0 Å². The highest BCUT2D eigenvalue weighted by Gasteiger charge is 2.29. The zero-order valence-electron chi connectivity index (χ0n) is 9.11. The maximum absolute atomic E-state index is 8.95. The zero-order valence-corrected chi connectivity index (χ0v) is 9.11. The number of hydrogen-bond donors (Lipinski definition) is 3. The van der Waals surface area contributed by atoms with Crippen LogP contribution in [0.2, 0.25) is 0 Å². The van der Waals surface area contributed by atoms with Gasteiger partial charge in [0.2, 0.25) is 0 Å². The number of ether oxygens (including phenoxy) is 2. The van der Waals surface area contributed by atoms with Crippen LogP contribution in [0.1, 0.15) is 18.0 Å². The van der Waals surface area contributed by atoms with Crippen molar-refractivity contribution in [3.8, 4) is 0 Å². The normalized spacial score (nSPS) is 31.3. The Morgan fingerprint density at radius 3 is 3.29 bits per heavy atom. The number of aliphatic imine (C=N–C) groups is 1. The molecule has 0 aliphatic carbocycles. The van der Waals surface area contributed by atoms with Crippen molar-refractivity contribution in [2.24, 2.45) is 10.7 Å². The van der Waals surface area contributed by atoms with E-state index in [1.54, 1.807) is 6.34 Å². The molecular weight excluding hydrogens is 224 g/mol. The van der Waals surface area contributed by atoms with Crippen LogP contribution in [-0.4, -0.2) is 35.5 Å². The molecule has 7 heteroatoms. The molecule has 0 amide bonds. The van der Waals surface area contributed by atoms with Gasteiger partial charge in [0.1, 0.15) is 12.0 Å². The molecule has 0 radical (unpaired) electrons. The molecule has 4 N–H and O–H groups in total. The van der Waals surface area contributed by atoms with Gasteiger partial charge >= 0.3 is 0 Å². The van der Waals surface area contributed by atoms with Gasteiger partial charge < -0.3 is 30.2 Å². The molecule has 1 aromatic rings. The summed E-state index contributed by atoms with van der Waals surface area (Å²) in [6.07, 6.45) is 2.30. The summed E-state index contributed by atoms with van der Waals surface area (Å²) < 4.78 is 12.7. The minimum absolute atomic E-state index is 0.144. The minimum Gasteiger partial charge on any atom is -0.391 e. The highest BCUT2D eigenvalue weighted by atomic mass is 16.7. The van der Waals surface area contributed by atoms with Crippen molar-refractivity contribution in [3.05, 3.63) is 17.8 Å². The number of nitrogens with two attached hydrogens (primary N) is 1. The van der Waals surface area contributed by atoms with Crippen molar-refractivity contribution in [2.75, 3.05) is 18.5 Å². The average molecular weight is 238 g/mol. The SMILES string of the molecule is NC1N=CNc2c1ccn2[C@H]1CO[C@@H](CO)O1. The van der Waals surface area contributed by atoms with Crippen LogP contribution in [-0.2, 0) is 9.47 Å². The monoisotopic (exact) mass is 238 g/mol. The maximum Gasteiger partial charge on any atom is 0.183 e. The number of aliphatic hydroxyl groups excluding tert-OH is 1. The Morgan fingerprint density at radius 1 is 1.65 bits per heavy atom. The molecule has 17 heavy (non-hydrogen) atoms. The lowest BCUT2D eigenvalue weighted by molar-refractivity contribution is -0.0982. The van der Waals surface area contributed by atoms with Crippen molar-refractivity contribution in [3.63, 3.8) is 0 Å². The highest BCUT2D eigenvalue weighted by molar-refractivity contribution is 5.78. The van der Waals surface area contributed by atoms with E-state index in [0.717, 1.165) is 11.4 Å². The van der Waals surface area contributed by atoms with E-state index in [9.17, 15) is 0 Å². The molecule has 0 aromatic carbocycles. The quantitative estimate of drug-likeness (QED) is 0.661. The molecule has 92 valence electrons. The molecular formula is C10H14N4O3. The van der Waals surface area contributed by atoms with Crippen LogP contribution in [0.4, 0.5) is 5.82 Å². The standard InChI is InChI=1S/C10H14N4O3/c11-9-6-1-2-14(10(6)13-5-12-9)7-4-16-8(3-15)17-7/h1-2,5,7-9,15H,3-4,11H2,(H,12,13)/t7-,8-,9?/m1/s1. The fourth-order valence-corrected chi connectivity index (χ4v) is 2.04. The molecule has 1 unspecified atom stereocenters. The Kier molecular flexibility index (Phi) is 2.60. The Balaban J connectivity index is 1.86. The smallest absolute Gasteiger partial charge is 0.183 e. The van der Waals surface area contributed by atoms with Gasteiger partial charge in [0.25, 0.3) is 0 Å². The van der Waals surface area contributed by atoms with Crippen LogP contribution in [0.15, 0.2) is 17.3 Å². The van der Waals surface area contributed by atoms with Crippen LogP contribution in [0, 0.1) is 0 Å². The number of hydrogen-bond acceptors (Lipinski definition) is 6. The topological polar surface area (TPSA) is 94.0 Å². The van der Waals surface area contributed by atoms with E-state index in [1.165, 1.54) is 0 Å². The van der Waals surface area contributed by atoms with Crippen molar-refractivity contribution in [1.82, 2.24) is 4.57 Å². The maximum atomic E-state index is 8.95. The summed E-state index contributed by atoms with van der Waals surface area (Å²) in [7, 11) is 0. The van der Waals surface area contributed by atoms with Gasteiger partial charge in [0, 0.05) is 11.8 Å². The number of nitrogens with one attached hydrogen (secondary N) is 1. The number of fused-ring (bicyclic) bond motifs is 1. The molecule has 0 saturated carbocycles.